The standard InChI is InChI=1S/C13H9BrClF2NO/c14-9-2-3-10(16)8(13(9)17)5-11(19)7-1-4-12(15)18-6-7/h1-4,6,11,19H,5H2. The Bertz CT molecular complexity index is 592. The Balaban J connectivity index is 2.26. The topological polar surface area (TPSA) is 33.1 Å². The summed E-state index contributed by atoms with van der Waals surface area (Å²) in [6, 6.07) is 5.50. The number of halogens is 4. The molecule has 1 heterocycles. The summed E-state index contributed by atoms with van der Waals surface area (Å²) < 4.78 is 27.5. The minimum Gasteiger partial charge on any atom is -0.388 e. The zero-order valence-electron chi connectivity index (χ0n) is 9.58. The molecule has 100 valence electrons. The van der Waals surface area contributed by atoms with E-state index in [1.807, 2.05) is 0 Å². The molecule has 0 radical (unpaired) electrons. The lowest BCUT2D eigenvalue weighted by atomic mass is 10.0. The molecule has 0 fully saturated rings. The first-order chi connectivity index (χ1) is 8.99. The highest BCUT2D eigenvalue weighted by Crippen LogP contribution is 2.26. The zero-order chi connectivity index (χ0) is 14.0. The summed E-state index contributed by atoms with van der Waals surface area (Å²) in [4.78, 5) is 3.81. The normalized spacial score (nSPS) is 12.5. The molecule has 0 spiro atoms. The van der Waals surface area contributed by atoms with Gasteiger partial charge in [-0.1, -0.05) is 17.7 Å². The summed E-state index contributed by atoms with van der Waals surface area (Å²) in [6.07, 6.45) is 0.143. The zero-order valence-corrected chi connectivity index (χ0v) is 11.9. The molecule has 0 aliphatic heterocycles. The average molecular weight is 349 g/mol. The molecule has 1 atom stereocenters. The van der Waals surface area contributed by atoms with Crippen LogP contribution in [-0.2, 0) is 6.42 Å². The SMILES string of the molecule is OC(Cc1c(F)ccc(Br)c1F)c1ccc(Cl)nc1. The van der Waals surface area contributed by atoms with Crippen LogP contribution in [0.25, 0.3) is 0 Å². The number of aliphatic hydroxyl groups excluding tert-OH is 1. The fourth-order valence-electron chi connectivity index (χ4n) is 1.65. The molecule has 0 saturated heterocycles. The lowest BCUT2D eigenvalue weighted by Gasteiger charge is -2.12. The first kappa shape index (κ1) is 14.4. The van der Waals surface area contributed by atoms with Crippen molar-refractivity contribution in [2.24, 2.45) is 0 Å². The van der Waals surface area contributed by atoms with Crippen LogP contribution in [0, 0.1) is 11.6 Å². The van der Waals surface area contributed by atoms with Gasteiger partial charge in [0.05, 0.1) is 10.6 Å². The Kier molecular flexibility index (Phi) is 4.50. The van der Waals surface area contributed by atoms with Crippen molar-refractivity contribution in [1.82, 2.24) is 4.98 Å². The van der Waals surface area contributed by atoms with Crippen LogP contribution in [0.15, 0.2) is 34.9 Å². The van der Waals surface area contributed by atoms with Gasteiger partial charge in [0.1, 0.15) is 16.8 Å². The second-order valence-electron chi connectivity index (χ2n) is 3.96. The second kappa shape index (κ2) is 5.94. The first-order valence-corrected chi connectivity index (χ1v) is 6.58. The smallest absolute Gasteiger partial charge is 0.143 e. The molecule has 6 heteroatoms. The third kappa shape index (κ3) is 3.29. The van der Waals surface area contributed by atoms with Gasteiger partial charge in [-0.2, -0.15) is 0 Å². The van der Waals surface area contributed by atoms with Gasteiger partial charge in [-0.15, -0.1) is 0 Å². The lowest BCUT2D eigenvalue weighted by molar-refractivity contribution is 0.175. The van der Waals surface area contributed by atoms with Gasteiger partial charge in [0.25, 0.3) is 0 Å². The van der Waals surface area contributed by atoms with E-state index in [1.54, 1.807) is 6.07 Å². The van der Waals surface area contributed by atoms with Crippen molar-refractivity contribution in [1.29, 1.82) is 0 Å². The molecular formula is C13H9BrClF2NO. The molecule has 19 heavy (non-hydrogen) atoms. The van der Waals surface area contributed by atoms with E-state index in [1.165, 1.54) is 18.3 Å². The Hall–Kier alpha value is -1.04. The van der Waals surface area contributed by atoms with Gasteiger partial charge >= 0.3 is 0 Å². The number of aliphatic hydroxyl groups is 1. The molecule has 0 aliphatic carbocycles. The van der Waals surface area contributed by atoms with Crippen molar-refractivity contribution in [2.45, 2.75) is 12.5 Å². The van der Waals surface area contributed by atoms with Crippen LogP contribution in [-0.4, -0.2) is 10.1 Å². The largest absolute Gasteiger partial charge is 0.388 e. The van der Waals surface area contributed by atoms with Crippen LogP contribution in [0.3, 0.4) is 0 Å². The van der Waals surface area contributed by atoms with Crippen molar-refractivity contribution >= 4 is 27.5 Å². The molecule has 2 nitrogen and oxygen atoms in total. The number of rotatable bonds is 3. The highest BCUT2D eigenvalue weighted by atomic mass is 79.9. The van der Waals surface area contributed by atoms with E-state index >= 15 is 0 Å². The maximum Gasteiger partial charge on any atom is 0.143 e. The Morgan fingerprint density at radius 1 is 1.26 bits per heavy atom. The predicted octanol–water partition coefficient (Wildman–Crippen LogP) is 4.05. The van der Waals surface area contributed by atoms with E-state index in [2.05, 4.69) is 20.9 Å². The van der Waals surface area contributed by atoms with Gasteiger partial charge in [0, 0.05) is 18.2 Å². The highest BCUT2D eigenvalue weighted by Gasteiger charge is 2.17. The molecule has 0 bridgehead atoms. The second-order valence-corrected chi connectivity index (χ2v) is 5.20. The van der Waals surface area contributed by atoms with E-state index < -0.39 is 17.7 Å². The molecule has 1 aromatic carbocycles. The van der Waals surface area contributed by atoms with Crippen molar-refractivity contribution in [3.8, 4) is 0 Å². The van der Waals surface area contributed by atoms with E-state index in [-0.39, 0.29) is 21.6 Å². The number of pyridine rings is 1. The third-order valence-corrected chi connectivity index (χ3v) is 3.51. The molecule has 0 amide bonds. The predicted molar refractivity (Wildman–Crippen MR) is 72.0 cm³/mol. The monoisotopic (exact) mass is 347 g/mol. The number of nitrogens with zero attached hydrogens (tertiary/aromatic N) is 1. The molecule has 1 aromatic heterocycles. The van der Waals surface area contributed by atoms with Gasteiger partial charge in [0.2, 0.25) is 0 Å². The Morgan fingerprint density at radius 3 is 2.63 bits per heavy atom. The number of aromatic nitrogens is 1. The van der Waals surface area contributed by atoms with Crippen LogP contribution in [0.2, 0.25) is 5.15 Å². The summed E-state index contributed by atoms with van der Waals surface area (Å²) in [7, 11) is 0. The maximum absolute atomic E-state index is 13.8. The van der Waals surface area contributed by atoms with Crippen molar-refractivity contribution < 1.29 is 13.9 Å². The van der Waals surface area contributed by atoms with Crippen molar-refractivity contribution in [3.05, 3.63) is 62.8 Å². The van der Waals surface area contributed by atoms with E-state index in [9.17, 15) is 13.9 Å². The highest BCUT2D eigenvalue weighted by molar-refractivity contribution is 9.10. The summed E-state index contributed by atoms with van der Waals surface area (Å²) >= 11 is 8.61. The Morgan fingerprint density at radius 2 is 2.00 bits per heavy atom. The molecule has 1 N–H and O–H groups in total. The first-order valence-electron chi connectivity index (χ1n) is 5.41. The molecular weight excluding hydrogens is 340 g/mol. The fourth-order valence-corrected chi connectivity index (χ4v) is 2.14. The van der Waals surface area contributed by atoms with Crippen LogP contribution in [0.5, 0.6) is 0 Å². The van der Waals surface area contributed by atoms with Gasteiger partial charge in [0.15, 0.2) is 0 Å². The number of hydrogen-bond donors (Lipinski definition) is 1. The van der Waals surface area contributed by atoms with E-state index in [4.69, 9.17) is 11.6 Å². The van der Waals surface area contributed by atoms with E-state index in [0.717, 1.165) is 6.07 Å². The van der Waals surface area contributed by atoms with Gasteiger partial charge in [-0.25, -0.2) is 13.8 Å². The molecule has 2 aromatic rings. The third-order valence-electron chi connectivity index (χ3n) is 2.67. The van der Waals surface area contributed by atoms with Crippen LogP contribution < -0.4 is 0 Å². The van der Waals surface area contributed by atoms with Crippen LogP contribution in [0.4, 0.5) is 8.78 Å². The lowest BCUT2D eigenvalue weighted by Crippen LogP contribution is -2.06. The Labute approximate surface area is 122 Å². The average Bonchev–Trinajstić information content (AvgIpc) is 2.40. The minimum atomic E-state index is -1.05. The van der Waals surface area contributed by atoms with Gasteiger partial charge in [-0.05, 0) is 39.7 Å². The summed E-state index contributed by atoms with van der Waals surface area (Å²) in [5.74, 6) is -1.40. The summed E-state index contributed by atoms with van der Waals surface area (Å²) in [6.45, 7) is 0. The molecule has 0 aliphatic rings. The molecule has 0 saturated carbocycles. The summed E-state index contributed by atoms with van der Waals surface area (Å²) in [5.41, 5.74) is 0.278. The molecule has 1 unspecified atom stereocenters. The fraction of sp³-hybridized carbons (Fsp3) is 0.154. The van der Waals surface area contributed by atoms with Gasteiger partial charge in [-0.3, -0.25) is 0 Å². The quantitative estimate of drug-likeness (QED) is 0.670. The maximum atomic E-state index is 13.8. The van der Waals surface area contributed by atoms with Crippen molar-refractivity contribution in [2.75, 3.05) is 0 Å². The van der Waals surface area contributed by atoms with Gasteiger partial charge < -0.3 is 5.11 Å². The number of benzene rings is 1. The van der Waals surface area contributed by atoms with Crippen LogP contribution in [0.1, 0.15) is 17.2 Å². The minimum absolute atomic E-state index is 0.158. The summed E-state index contributed by atoms with van der Waals surface area (Å²) in [5, 5.41) is 10.3. The molecule has 2 rings (SSSR count). The van der Waals surface area contributed by atoms with E-state index in [0.29, 0.717) is 5.56 Å². The van der Waals surface area contributed by atoms with Crippen LogP contribution >= 0.6 is 27.5 Å². The number of hydrogen-bond acceptors (Lipinski definition) is 2. The van der Waals surface area contributed by atoms with Crippen molar-refractivity contribution in [3.63, 3.8) is 0 Å².